The minimum atomic E-state index is -1.53. The van der Waals surface area contributed by atoms with E-state index in [0.29, 0.717) is 6.42 Å². The number of methoxy groups -OCH3 is 1. The highest BCUT2D eigenvalue weighted by molar-refractivity contribution is 6.89. The van der Waals surface area contributed by atoms with Gasteiger partial charge < -0.3 is 4.74 Å². The van der Waals surface area contributed by atoms with Gasteiger partial charge >= 0.3 is 0 Å². The lowest BCUT2D eigenvalue weighted by Gasteiger charge is -2.21. The van der Waals surface area contributed by atoms with Gasteiger partial charge in [0.25, 0.3) is 0 Å². The highest BCUT2D eigenvalue weighted by atomic mass is 28.3. The van der Waals surface area contributed by atoms with Crippen LogP contribution in [0, 0.1) is 0 Å². The van der Waals surface area contributed by atoms with E-state index >= 15 is 0 Å². The molecule has 0 amide bonds. The van der Waals surface area contributed by atoms with Crippen molar-refractivity contribution in [1.82, 2.24) is 0 Å². The number of carbonyl (C=O) groups excluding carboxylic acids is 1. The van der Waals surface area contributed by atoms with Gasteiger partial charge in [-0.2, -0.15) is 0 Å². The molecule has 0 N–H and O–H groups in total. The molecule has 100 valence electrons. The van der Waals surface area contributed by atoms with Crippen molar-refractivity contribution >= 4 is 19.0 Å². The smallest absolute Gasteiger partial charge is 0.162 e. The second-order valence-corrected chi connectivity index (χ2v) is 10.7. The molecule has 1 aromatic carbocycles. The van der Waals surface area contributed by atoms with E-state index in [-0.39, 0.29) is 5.78 Å². The lowest BCUT2D eigenvalue weighted by molar-refractivity contribution is 0.0981. The molecule has 0 saturated heterocycles. The van der Waals surface area contributed by atoms with Gasteiger partial charge in [-0.3, -0.25) is 4.79 Å². The first-order valence-corrected chi connectivity index (χ1v) is 10.1. The highest BCUT2D eigenvalue weighted by Crippen LogP contribution is 2.17. The quantitative estimate of drug-likeness (QED) is 0.579. The van der Waals surface area contributed by atoms with Crippen LogP contribution in [-0.4, -0.2) is 21.0 Å². The first-order chi connectivity index (χ1) is 8.40. The fourth-order valence-electron chi connectivity index (χ4n) is 1.99. The molecular formula is C15H24O2Si. The molecule has 0 aliphatic carbocycles. The first kappa shape index (κ1) is 15.0. The Kier molecular flexibility index (Phi) is 5.14. The molecule has 0 saturated carbocycles. The zero-order valence-electron chi connectivity index (χ0n) is 12.2. The van der Waals surface area contributed by atoms with Crippen LogP contribution in [0.4, 0.5) is 0 Å². The largest absolute Gasteiger partial charge is 0.497 e. The van der Waals surface area contributed by atoms with Gasteiger partial charge in [0.1, 0.15) is 5.75 Å². The summed E-state index contributed by atoms with van der Waals surface area (Å²) in [5, 5.41) is 1.21. The summed E-state index contributed by atoms with van der Waals surface area (Å²) in [6.45, 7) is 8.90. The summed E-state index contributed by atoms with van der Waals surface area (Å²) in [4.78, 5) is 12.3. The van der Waals surface area contributed by atoms with Gasteiger partial charge in [-0.05, 0) is 29.8 Å². The van der Waals surface area contributed by atoms with Crippen LogP contribution in [0.25, 0.3) is 0 Å². The van der Waals surface area contributed by atoms with Crippen molar-refractivity contribution in [3.8, 4) is 5.75 Å². The van der Waals surface area contributed by atoms with Crippen molar-refractivity contribution < 1.29 is 9.53 Å². The number of unbranched alkanes of at least 4 members (excludes halogenated alkanes) is 1. The number of ketones is 1. The zero-order valence-corrected chi connectivity index (χ0v) is 13.2. The minimum absolute atomic E-state index is 0.275. The number of carbonyl (C=O) groups is 1. The zero-order chi connectivity index (χ0) is 13.8. The van der Waals surface area contributed by atoms with Crippen LogP contribution in [0.3, 0.4) is 0 Å². The Morgan fingerprint density at radius 3 is 2.44 bits per heavy atom. The van der Waals surface area contributed by atoms with E-state index in [9.17, 15) is 4.79 Å². The molecule has 0 heterocycles. The number of benzene rings is 1. The van der Waals surface area contributed by atoms with E-state index in [1.165, 1.54) is 5.19 Å². The Morgan fingerprint density at radius 1 is 1.28 bits per heavy atom. The third-order valence-corrected chi connectivity index (χ3v) is 5.12. The molecule has 0 atom stereocenters. The van der Waals surface area contributed by atoms with Crippen LogP contribution in [0.15, 0.2) is 18.2 Å². The van der Waals surface area contributed by atoms with Crippen LogP contribution >= 0.6 is 0 Å². The van der Waals surface area contributed by atoms with Crippen molar-refractivity contribution in [3.05, 3.63) is 23.8 Å². The fourth-order valence-corrected chi connectivity index (χ4v) is 3.59. The molecule has 0 fully saturated rings. The predicted molar refractivity (Wildman–Crippen MR) is 79.8 cm³/mol. The van der Waals surface area contributed by atoms with Crippen LogP contribution < -0.4 is 9.92 Å². The molecule has 1 rings (SSSR count). The van der Waals surface area contributed by atoms with E-state index in [1.807, 2.05) is 18.2 Å². The van der Waals surface area contributed by atoms with Crippen molar-refractivity contribution in [3.63, 3.8) is 0 Å². The molecule has 18 heavy (non-hydrogen) atoms. The molecule has 1 aromatic rings. The maximum atomic E-state index is 12.3. The standard InChI is InChI=1S/C15H24O2Si/c1-6-7-8-14(16)13-10-9-12(17-2)11-15(13)18(3,4)5/h9-11H,6-8H2,1-5H3. The summed E-state index contributed by atoms with van der Waals surface area (Å²) >= 11 is 0. The summed E-state index contributed by atoms with van der Waals surface area (Å²) in [5.41, 5.74) is 0.906. The molecule has 0 radical (unpaired) electrons. The van der Waals surface area contributed by atoms with Gasteiger partial charge in [-0.1, -0.05) is 33.0 Å². The number of hydrogen-bond donors (Lipinski definition) is 0. The van der Waals surface area contributed by atoms with Crippen LogP contribution in [0.2, 0.25) is 19.6 Å². The van der Waals surface area contributed by atoms with Crippen LogP contribution in [0.1, 0.15) is 36.5 Å². The fraction of sp³-hybridized carbons (Fsp3) is 0.533. The first-order valence-electron chi connectivity index (χ1n) is 6.62. The van der Waals surface area contributed by atoms with Crippen molar-refractivity contribution in [2.45, 2.75) is 45.8 Å². The Morgan fingerprint density at radius 2 is 1.94 bits per heavy atom. The summed E-state index contributed by atoms with van der Waals surface area (Å²) in [5.74, 6) is 1.12. The van der Waals surface area contributed by atoms with Crippen molar-refractivity contribution in [2.24, 2.45) is 0 Å². The molecule has 2 nitrogen and oxygen atoms in total. The third kappa shape index (κ3) is 3.70. The van der Waals surface area contributed by atoms with Crippen LogP contribution in [0.5, 0.6) is 5.75 Å². The molecule has 0 bridgehead atoms. The van der Waals surface area contributed by atoms with E-state index in [1.54, 1.807) is 7.11 Å². The van der Waals surface area contributed by atoms with Gasteiger partial charge in [0, 0.05) is 12.0 Å². The maximum Gasteiger partial charge on any atom is 0.162 e. The summed E-state index contributed by atoms with van der Waals surface area (Å²) in [6, 6.07) is 5.87. The van der Waals surface area contributed by atoms with Gasteiger partial charge in [0.15, 0.2) is 5.78 Å². The second kappa shape index (κ2) is 6.18. The Labute approximate surface area is 111 Å². The van der Waals surface area contributed by atoms with Gasteiger partial charge in [-0.25, -0.2) is 0 Å². The lowest BCUT2D eigenvalue weighted by atomic mass is 10.1. The predicted octanol–water partition coefficient (Wildman–Crippen LogP) is 3.61. The topological polar surface area (TPSA) is 26.3 Å². The third-order valence-electron chi connectivity index (χ3n) is 3.09. The van der Waals surface area contributed by atoms with Gasteiger partial charge in [-0.15, -0.1) is 0 Å². The summed E-state index contributed by atoms with van der Waals surface area (Å²) in [6.07, 6.45) is 2.68. The Balaban J connectivity index is 3.14. The molecule has 0 aliphatic heterocycles. The second-order valence-electron chi connectivity index (χ2n) is 5.69. The maximum absolute atomic E-state index is 12.3. The highest BCUT2D eigenvalue weighted by Gasteiger charge is 2.23. The van der Waals surface area contributed by atoms with Crippen molar-refractivity contribution in [1.29, 1.82) is 0 Å². The normalized spacial score (nSPS) is 11.4. The summed E-state index contributed by atoms with van der Waals surface area (Å²) < 4.78 is 5.28. The van der Waals surface area contributed by atoms with E-state index in [2.05, 4.69) is 26.6 Å². The number of hydrogen-bond acceptors (Lipinski definition) is 2. The van der Waals surface area contributed by atoms with E-state index in [4.69, 9.17) is 4.74 Å². The average molecular weight is 264 g/mol. The van der Waals surface area contributed by atoms with E-state index in [0.717, 1.165) is 24.2 Å². The van der Waals surface area contributed by atoms with Gasteiger partial charge in [0.2, 0.25) is 0 Å². The number of ether oxygens (including phenoxy) is 1. The van der Waals surface area contributed by atoms with E-state index < -0.39 is 8.07 Å². The summed E-state index contributed by atoms with van der Waals surface area (Å²) in [7, 11) is 0.140. The lowest BCUT2D eigenvalue weighted by Crippen LogP contribution is -2.41. The molecule has 0 aliphatic rings. The number of rotatable bonds is 6. The van der Waals surface area contributed by atoms with Gasteiger partial charge in [0.05, 0.1) is 15.2 Å². The minimum Gasteiger partial charge on any atom is -0.497 e. The van der Waals surface area contributed by atoms with Crippen molar-refractivity contribution in [2.75, 3.05) is 7.11 Å². The molecular weight excluding hydrogens is 240 g/mol. The number of Topliss-reactive ketones (excluding diaryl/α,β-unsaturated/α-hetero) is 1. The Hall–Kier alpha value is -1.09. The molecule has 3 heteroatoms. The van der Waals surface area contributed by atoms with Crippen LogP contribution in [-0.2, 0) is 0 Å². The molecule has 0 spiro atoms. The molecule has 0 unspecified atom stereocenters. The molecule has 0 aromatic heterocycles. The SMILES string of the molecule is CCCCC(=O)c1ccc(OC)cc1[Si](C)(C)C. The monoisotopic (exact) mass is 264 g/mol. The average Bonchev–Trinajstić information content (AvgIpc) is 2.34. The Bertz CT molecular complexity index is 419.